The van der Waals surface area contributed by atoms with Gasteiger partial charge in [0.05, 0.1) is 14.5 Å². The third-order valence-electron chi connectivity index (χ3n) is 4.10. The molecule has 7 nitrogen and oxygen atoms in total. The first-order valence-corrected chi connectivity index (χ1v) is 10.3. The Bertz CT molecular complexity index is 1100. The van der Waals surface area contributed by atoms with Gasteiger partial charge in [-0.05, 0) is 69.1 Å². The predicted molar refractivity (Wildman–Crippen MR) is 116 cm³/mol. The van der Waals surface area contributed by atoms with E-state index in [1.54, 1.807) is 12.1 Å². The summed E-state index contributed by atoms with van der Waals surface area (Å²) in [4.78, 5) is 31.7. The van der Waals surface area contributed by atoms with Gasteiger partial charge in [-0.25, -0.2) is 9.97 Å². The summed E-state index contributed by atoms with van der Waals surface area (Å²) in [7, 11) is 0. The van der Waals surface area contributed by atoms with Crippen molar-refractivity contribution in [2.24, 2.45) is 0 Å². The summed E-state index contributed by atoms with van der Waals surface area (Å²) < 4.78 is 7.10. The van der Waals surface area contributed by atoms with Crippen molar-refractivity contribution < 1.29 is 19.4 Å². The lowest BCUT2D eigenvalue weighted by atomic mass is 10.1. The molecule has 29 heavy (non-hydrogen) atoms. The number of halogens is 2. The number of benzene rings is 2. The molecular weight excluding hydrogens is 506 g/mol. The molecule has 0 spiro atoms. The van der Waals surface area contributed by atoms with Gasteiger partial charge in [-0.15, -0.1) is 0 Å². The van der Waals surface area contributed by atoms with Crippen molar-refractivity contribution in [3.63, 3.8) is 0 Å². The second-order valence-electron chi connectivity index (χ2n) is 6.21. The number of carbonyl (C=O) groups excluding carboxylic acids is 1. The minimum Gasteiger partial charge on any atom is -0.480 e. The molecule has 150 valence electrons. The number of aromatic nitrogens is 2. The van der Waals surface area contributed by atoms with Crippen LogP contribution >= 0.6 is 31.9 Å². The lowest BCUT2D eigenvalue weighted by molar-refractivity contribution is -0.135. The van der Waals surface area contributed by atoms with Crippen molar-refractivity contribution >= 4 is 54.6 Å². The SMILES string of the molecule is CCc1nc(C)c2cc(Oc3c(Br)cc(C(=O)NCC(=O)O)cc3Br)ccc2n1. The van der Waals surface area contributed by atoms with Crippen molar-refractivity contribution in [2.45, 2.75) is 20.3 Å². The maximum atomic E-state index is 12.1. The van der Waals surface area contributed by atoms with Crippen LogP contribution in [0.25, 0.3) is 10.9 Å². The summed E-state index contributed by atoms with van der Waals surface area (Å²) in [6, 6.07) is 8.71. The fraction of sp³-hybridized carbons (Fsp3) is 0.200. The van der Waals surface area contributed by atoms with Gasteiger partial charge in [0.25, 0.3) is 5.91 Å². The van der Waals surface area contributed by atoms with Gasteiger partial charge in [-0.2, -0.15) is 0 Å². The number of carboxylic acid groups (broad SMARTS) is 1. The first-order valence-electron chi connectivity index (χ1n) is 8.72. The number of aliphatic carboxylic acids is 1. The lowest BCUT2D eigenvalue weighted by Crippen LogP contribution is -2.29. The highest BCUT2D eigenvalue weighted by Gasteiger charge is 2.15. The summed E-state index contributed by atoms with van der Waals surface area (Å²) in [5.41, 5.74) is 2.03. The van der Waals surface area contributed by atoms with Crippen LogP contribution in [-0.4, -0.2) is 33.5 Å². The first-order chi connectivity index (χ1) is 13.8. The van der Waals surface area contributed by atoms with Crippen LogP contribution in [0.5, 0.6) is 11.5 Å². The molecule has 0 unspecified atom stereocenters. The minimum absolute atomic E-state index is 0.298. The summed E-state index contributed by atoms with van der Waals surface area (Å²) in [5, 5.41) is 11.9. The number of hydrogen-bond donors (Lipinski definition) is 2. The molecule has 2 aromatic carbocycles. The molecule has 0 aliphatic rings. The molecule has 1 aromatic heterocycles. The smallest absolute Gasteiger partial charge is 0.322 e. The number of rotatable bonds is 6. The Morgan fingerprint density at radius 3 is 2.45 bits per heavy atom. The maximum Gasteiger partial charge on any atom is 0.322 e. The van der Waals surface area contributed by atoms with Crippen molar-refractivity contribution in [3.05, 3.63) is 56.4 Å². The van der Waals surface area contributed by atoms with Gasteiger partial charge >= 0.3 is 5.97 Å². The first kappa shape index (κ1) is 21.2. The standard InChI is InChI=1S/C20H17Br2N3O4/c1-3-17-24-10(2)13-8-12(4-5-16(13)25-17)29-19-14(21)6-11(7-15(19)22)20(28)23-9-18(26)27/h4-8H,3,9H2,1-2H3,(H,23,28)(H,26,27). The molecule has 2 N–H and O–H groups in total. The van der Waals surface area contributed by atoms with Gasteiger partial charge < -0.3 is 15.2 Å². The van der Waals surface area contributed by atoms with E-state index in [0.717, 1.165) is 28.8 Å². The number of nitrogens with one attached hydrogen (secondary N) is 1. The molecule has 1 heterocycles. The van der Waals surface area contributed by atoms with Crippen LogP contribution in [0.4, 0.5) is 0 Å². The Balaban J connectivity index is 1.89. The number of hydrogen-bond acceptors (Lipinski definition) is 5. The topological polar surface area (TPSA) is 101 Å². The minimum atomic E-state index is -1.11. The molecule has 0 atom stereocenters. The summed E-state index contributed by atoms with van der Waals surface area (Å²) in [6.07, 6.45) is 0.765. The number of aryl methyl sites for hydroxylation is 2. The summed E-state index contributed by atoms with van der Waals surface area (Å²) >= 11 is 6.82. The van der Waals surface area contributed by atoms with E-state index < -0.39 is 18.4 Å². The average molecular weight is 523 g/mol. The molecule has 3 rings (SSSR count). The quantitative estimate of drug-likeness (QED) is 0.489. The Kier molecular flexibility index (Phi) is 6.49. The average Bonchev–Trinajstić information content (AvgIpc) is 2.68. The number of carboxylic acids is 1. The van der Waals surface area contributed by atoms with E-state index in [0.29, 0.717) is 26.0 Å². The van der Waals surface area contributed by atoms with Crippen LogP contribution in [0, 0.1) is 6.92 Å². The molecule has 0 saturated carbocycles. The van der Waals surface area contributed by atoms with Crippen LogP contribution in [0.1, 0.15) is 28.8 Å². The Hall–Kier alpha value is -2.52. The van der Waals surface area contributed by atoms with Gasteiger partial charge in [0.15, 0.2) is 5.75 Å². The Morgan fingerprint density at radius 1 is 1.14 bits per heavy atom. The van der Waals surface area contributed by atoms with Gasteiger partial charge in [-0.1, -0.05) is 6.92 Å². The van der Waals surface area contributed by atoms with E-state index in [1.807, 2.05) is 32.0 Å². The van der Waals surface area contributed by atoms with Crippen molar-refractivity contribution in [2.75, 3.05) is 6.54 Å². The molecule has 9 heteroatoms. The number of amides is 1. The number of nitrogens with zero attached hydrogens (tertiary/aromatic N) is 2. The maximum absolute atomic E-state index is 12.1. The van der Waals surface area contributed by atoms with Gasteiger partial charge in [-0.3, -0.25) is 9.59 Å². The van der Waals surface area contributed by atoms with E-state index >= 15 is 0 Å². The normalized spacial score (nSPS) is 10.8. The second-order valence-corrected chi connectivity index (χ2v) is 7.91. The molecule has 0 radical (unpaired) electrons. The third-order valence-corrected chi connectivity index (χ3v) is 5.28. The number of carbonyl (C=O) groups is 2. The van der Waals surface area contributed by atoms with Crippen molar-refractivity contribution in [1.29, 1.82) is 0 Å². The molecule has 0 saturated heterocycles. The van der Waals surface area contributed by atoms with E-state index in [-0.39, 0.29) is 0 Å². The molecule has 0 bridgehead atoms. The Labute approximate surface area is 183 Å². The molecule has 0 aliphatic carbocycles. The van der Waals surface area contributed by atoms with Crippen LogP contribution in [0.15, 0.2) is 39.3 Å². The molecule has 0 aliphatic heterocycles. The highest BCUT2D eigenvalue weighted by atomic mass is 79.9. The summed E-state index contributed by atoms with van der Waals surface area (Å²) in [6.45, 7) is 3.49. The van der Waals surface area contributed by atoms with Gasteiger partial charge in [0.2, 0.25) is 0 Å². The molecule has 1 amide bonds. The molecular formula is C20H17Br2N3O4. The van der Waals surface area contributed by atoms with E-state index in [2.05, 4.69) is 47.1 Å². The van der Waals surface area contributed by atoms with E-state index in [1.165, 1.54) is 0 Å². The zero-order valence-corrected chi connectivity index (χ0v) is 18.8. The van der Waals surface area contributed by atoms with E-state index in [9.17, 15) is 9.59 Å². The monoisotopic (exact) mass is 521 g/mol. The van der Waals surface area contributed by atoms with Crippen molar-refractivity contribution in [1.82, 2.24) is 15.3 Å². The van der Waals surface area contributed by atoms with Gasteiger partial charge in [0.1, 0.15) is 18.1 Å². The van der Waals surface area contributed by atoms with Crippen LogP contribution in [-0.2, 0) is 11.2 Å². The zero-order chi connectivity index (χ0) is 21.1. The van der Waals surface area contributed by atoms with Crippen LogP contribution < -0.4 is 10.1 Å². The largest absolute Gasteiger partial charge is 0.480 e. The molecule has 0 fully saturated rings. The fourth-order valence-corrected chi connectivity index (χ4v) is 4.05. The number of fused-ring (bicyclic) bond motifs is 1. The third kappa shape index (κ3) is 4.91. The van der Waals surface area contributed by atoms with Crippen LogP contribution in [0.2, 0.25) is 0 Å². The highest BCUT2D eigenvalue weighted by Crippen LogP contribution is 2.38. The van der Waals surface area contributed by atoms with Crippen LogP contribution in [0.3, 0.4) is 0 Å². The fourth-order valence-electron chi connectivity index (χ4n) is 2.71. The summed E-state index contributed by atoms with van der Waals surface area (Å²) in [5.74, 6) is 0.273. The Morgan fingerprint density at radius 2 is 1.83 bits per heavy atom. The van der Waals surface area contributed by atoms with Gasteiger partial charge in [0, 0.05) is 23.1 Å². The molecule has 3 aromatic rings. The number of ether oxygens (including phenoxy) is 1. The highest BCUT2D eigenvalue weighted by molar-refractivity contribution is 9.11. The zero-order valence-electron chi connectivity index (χ0n) is 15.6. The lowest BCUT2D eigenvalue weighted by Gasteiger charge is -2.13. The van der Waals surface area contributed by atoms with Crippen molar-refractivity contribution in [3.8, 4) is 11.5 Å². The predicted octanol–water partition coefficient (Wildman–Crippen LogP) is 4.63. The second kappa shape index (κ2) is 8.87. The van der Waals surface area contributed by atoms with E-state index in [4.69, 9.17) is 9.84 Å².